The third-order valence-electron chi connectivity index (χ3n) is 4.07. The molecule has 0 bridgehead atoms. The quantitative estimate of drug-likeness (QED) is 0.618. The molecule has 2 aromatic rings. The molecule has 0 aliphatic heterocycles. The Labute approximate surface area is 168 Å². The molecule has 28 heavy (non-hydrogen) atoms. The van der Waals surface area contributed by atoms with Gasteiger partial charge >= 0.3 is 5.97 Å². The molecule has 0 aliphatic rings. The zero-order chi connectivity index (χ0) is 20.7. The molecule has 7 nitrogen and oxygen atoms in total. The molecule has 0 unspecified atom stereocenters. The van der Waals surface area contributed by atoms with Gasteiger partial charge in [-0.1, -0.05) is 17.7 Å². The number of rotatable bonds is 7. The number of methoxy groups -OCH3 is 1. The molecule has 2 aromatic carbocycles. The predicted molar refractivity (Wildman–Crippen MR) is 109 cm³/mol. The van der Waals surface area contributed by atoms with Crippen molar-refractivity contribution in [2.75, 3.05) is 30.8 Å². The van der Waals surface area contributed by atoms with Crippen molar-refractivity contribution < 1.29 is 19.1 Å². The number of nitrogens with one attached hydrogen (secondary N) is 3. The van der Waals surface area contributed by atoms with E-state index in [4.69, 9.17) is 11.6 Å². The van der Waals surface area contributed by atoms with E-state index in [9.17, 15) is 14.4 Å². The second-order valence-corrected chi connectivity index (χ2v) is 6.52. The van der Waals surface area contributed by atoms with Crippen LogP contribution < -0.4 is 16.0 Å². The van der Waals surface area contributed by atoms with Crippen molar-refractivity contribution in [3.05, 3.63) is 58.1 Å². The van der Waals surface area contributed by atoms with E-state index >= 15 is 0 Å². The van der Waals surface area contributed by atoms with Gasteiger partial charge in [0.1, 0.15) is 0 Å². The smallest absolute Gasteiger partial charge is 0.337 e. The minimum absolute atomic E-state index is 0.0120. The third kappa shape index (κ3) is 5.72. The molecule has 0 saturated heterocycles. The van der Waals surface area contributed by atoms with E-state index in [2.05, 4.69) is 20.7 Å². The number of esters is 1. The van der Waals surface area contributed by atoms with Crippen molar-refractivity contribution in [1.82, 2.24) is 5.32 Å². The SMILES string of the molecule is COC(=O)c1ccc(NCC(=O)NCC(=O)Nc2cccc(Cl)c2C)c(C)c1. The molecule has 3 N–H and O–H groups in total. The summed E-state index contributed by atoms with van der Waals surface area (Å²) in [5, 5.41) is 8.78. The number of carbonyl (C=O) groups excluding carboxylic acids is 3. The highest BCUT2D eigenvalue weighted by atomic mass is 35.5. The van der Waals surface area contributed by atoms with E-state index in [1.54, 1.807) is 43.3 Å². The number of hydrogen-bond acceptors (Lipinski definition) is 5. The Balaban J connectivity index is 1.82. The Morgan fingerprint density at radius 2 is 1.75 bits per heavy atom. The predicted octanol–water partition coefficient (Wildman–Crippen LogP) is 2.91. The standard InChI is InChI=1S/C20H22ClN3O4/c1-12-9-14(20(27)28-3)7-8-16(12)22-10-18(25)23-11-19(26)24-17-6-4-5-15(21)13(17)2/h4-9,22H,10-11H2,1-3H3,(H,23,25)(H,24,26). The van der Waals surface area contributed by atoms with Gasteiger partial charge in [0, 0.05) is 16.4 Å². The van der Waals surface area contributed by atoms with Gasteiger partial charge in [0.05, 0.1) is 25.8 Å². The summed E-state index contributed by atoms with van der Waals surface area (Å²) in [5.74, 6) is -1.11. The van der Waals surface area contributed by atoms with Gasteiger partial charge in [0.2, 0.25) is 11.8 Å². The van der Waals surface area contributed by atoms with Crippen molar-refractivity contribution in [2.45, 2.75) is 13.8 Å². The van der Waals surface area contributed by atoms with Crippen LogP contribution in [0.25, 0.3) is 0 Å². The zero-order valence-electron chi connectivity index (χ0n) is 15.9. The third-order valence-corrected chi connectivity index (χ3v) is 4.48. The minimum Gasteiger partial charge on any atom is -0.465 e. The Morgan fingerprint density at radius 3 is 2.43 bits per heavy atom. The Kier molecular flexibility index (Phi) is 7.40. The van der Waals surface area contributed by atoms with Gasteiger partial charge in [-0.05, 0) is 55.3 Å². The van der Waals surface area contributed by atoms with Crippen LogP contribution in [-0.4, -0.2) is 38.0 Å². The molecule has 0 aliphatic carbocycles. The lowest BCUT2D eigenvalue weighted by Crippen LogP contribution is -2.36. The summed E-state index contributed by atoms with van der Waals surface area (Å²) >= 11 is 6.02. The van der Waals surface area contributed by atoms with Crippen molar-refractivity contribution >= 4 is 40.8 Å². The van der Waals surface area contributed by atoms with E-state index < -0.39 is 5.97 Å². The number of benzene rings is 2. The minimum atomic E-state index is -0.423. The average Bonchev–Trinajstić information content (AvgIpc) is 2.68. The van der Waals surface area contributed by atoms with Crippen LogP contribution in [0.4, 0.5) is 11.4 Å². The molecule has 2 amide bonds. The van der Waals surface area contributed by atoms with Crippen LogP contribution in [0.15, 0.2) is 36.4 Å². The fraction of sp³-hybridized carbons (Fsp3) is 0.250. The van der Waals surface area contributed by atoms with Crippen molar-refractivity contribution in [3.8, 4) is 0 Å². The van der Waals surface area contributed by atoms with E-state index in [-0.39, 0.29) is 24.9 Å². The van der Waals surface area contributed by atoms with Gasteiger partial charge in [-0.2, -0.15) is 0 Å². The monoisotopic (exact) mass is 403 g/mol. The molecule has 2 rings (SSSR count). The van der Waals surface area contributed by atoms with Crippen molar-refractivity contribution in [2.24, 2.45) is 0 Å². The van der Waals surface area contributed by atoms with E-state index in [0.717, 1.165) is 11.1 Å². The van der Waals surface area contributed by atoms with Gasteiger partial charge in [-0.25, -0.2) is 4.79 Å². The molecule has 0 saturated carbocycles. The van der Waals surface area contributed by atoms with Crippen molar-refractivity contribution in [1.29, 1.82) is 0 Å². The lowest BCUT2D eigenvalue weighted by Gasteiger charge is -2.12. The van der Waals surface area contributed by atoms with Crippen LogP contribution in [0.2, 0.25) is 5.02 Å². The zero-order valence-corrected chi connectivity index (χ0v) is 16.6. The lowest BCUT2D eigenvalue weighted by atomic mass is 10.1. The molecule has 0 atom stereocenters. The Hall–Kier alpha value is -3.06. The summed E-state index contributed by atoms with van der Waals surface area (Å²) in [6, 6.07) is 10.2. The molecule has 0 aromatic heterocycles. The largest absolute Gasteiger partial charge is 0.465 e. The molecule has 0 radical (unpaired) electrons. The molecular formula is C20H22ClN3O4. The Bertz CT molecular complexity index is 899. The first-order chi connectivity index (χ1) is 13.3. The highest BCUT2D eigenvalue weighted by Gasteiger charge is 2.10. The lowest BCUT2D eigenvalue weighted by molar-refractivity contribution is -0.122. The van der Waals surface area contributed by atoms with Crippen LogP contribution in [0, 0.1) is 13.8 Å². The molecule has 0 heterocycles. The van der Waals surface area contributed by atoms with Crippen LogP contribution >= 0.6 is 11.6 Å². The van der Waals surface area contributed by atoms with Crippen LogP contribution in [0.5, 0.6) is 0 Å². The van der Waals surface area contributed by atoms with E-state index in [1.807, 2.05) is 6.92 Å². The normalized spacial score (nSPS) is 10.1. The average molecular weight is 404 g/mol. The summed E-state index contributed by atoms with van der Waals surface area (Å²) in [7, 11) is 1.32. The second kappa shape index (κ2) is 9.75. The molecule has 148 valence electrons. The first-order valence-corrected chi connectivity index (χ1v) is 8.94. The summed E-state index contributed by atoms with van der Waals surface area (Å²) in [6.45, 7) is 3.44. The molecule has 0 fully saturated rings. The molecular weight excluding hydrogens is 382 g/mol. The summed E-state index contributed by atoms with van der Waals surface area (Å²) < 4.78 is 4.67. The maximum Gasteiger partial charge on any atom is 0.337 e. The van der Waals surface area contributed by atoms with Gasteiger partial charge in [0.25, 0.3) is 0 Å². The molecule has 8 heteroatoms. The summed E-state index contributed by atoms with van der Waals surface area (Å²) in [6.07, 6.45) is 0. The maximum absolute atomic E-state index is 12.0. The van der Waals surface area contributed by atoms with E-state index in [1.165, 1.54) is 7.11 Å². The van der Waals surface area contributed by atoms with Gasteiger partial charge in [0.15, 0.2) is 0 Å². The summed E-state index contributed by atoms with van der Waals surface area (Å²) in [4.78, 5) is 35.5. The van der Waals surface area contributed by atoms with E-state index in [0.29, 0.717) is 22.0 Å². The van der Waals surface area contributed by atoms with Crippen LogP contribution in [-0.2, 0) is 14.3 Å². The second-order valence-electron chi connectivity index (χ2n) is 6.11. The van der Waals surface area contributed by atoms with Crippen LogP contribution in [0.1, 0.15) is 21.5 Å². The maximum atomic E-state index is 12.0. The highest BCUT2D eigenvalue weighted by Crippen LogP contribution is 2.22. The number of carbonyl (C=O) groups is 3. The fourth-order valence-corrected chi connectivity index (χ4v) is 2.64. The number of amides is 2. The fourth-order valence-electron chi connectivity index (χ4n) is 2.46. The van der Waals surface area contributed by atoms with Gasteiger partial charge in [-0.3, -0.25) is 9.59 Å². The number of hydrogen-bond donors (Lipinski definition) is 3. The number of aryl methyl sites for hydroxylation is 1. The summed E-state index contributed by atoms with van der Waals surface area (Å²) in [5.41, 5.74) is 3.30. The van der Waals surface area contributed by atoms with Gasteiger partial charge < -0.3 is 20.7 Å². The molecule has 0 spiro atoms. The number of ether oxygens (including phenoxy) is 1. The number of halogens is 1. The first kappa shape index (κ1) is 21.2. The first-order valence-electron chi connectivity index (χ1n) is 8.56. The van der Waals surface area contributed by atoms with Crippen LogP contribution in [0.3, 0.4) is 0 Å². The Morgan fingerprint density at radius 1 is 1.00 bits per heavy atom. The number of anilines is 2. The van der Waals surface area contributed by atoms with Crippen molar-refractivity contribution in [3.63, 3.8) is 0 Å². The topological polar surface area (TPSA) is 96.5 Å². The van der Waals surface area contributed by atoms with Gasteiger partial charge in [-0.15, -0.1) is 0 Å². The highest BCUT2D eigenvalue weighted by molar-refractivity contribution is 6.31.